The van der Waals surface area contributed by atoms with E-state index in [2.05, 4.69) is 23.6 Å². The number of thioether (sulfide) groups is 1. The highest BCUT2D eigenvalue weighted by Crippen LogP contribution is 2.32. The van der Waals surface area contributed by atoms with Gasteiger partial charge in [0.25, 0.3) is 0 Å². The van der Waals surface area contributed by atoms with Gasteiger partial charge in [-0.3, -0.25) is 4.90 Å². The van der Waals surface area contributed by atoms with Gasteiger partial charge >= 0.3 is 5.97 Å². The van der Waals surface area contributed by atoms with Gasteiger partial charge in [-0.2, -0.15) is 0 Å². The van der Waals surface area contributed by atoms with E-state index in [9.17, 15) is 9.90 Å². The second kappa shape index (κ2) is 7.18. The van der Waals surface area contributed by atoms with Crippen molar-refractivity contribution in [3.8, 4) is 0 Å². The normalized spacial score (nSPS) is 18.5. The molecule has 1 heterocycles. The molecule has 1 fully saturated rings. The van der Waals surface area contributed by atoms with Gasteiger partial charge in [0.05, 0.1) is 11.3 Å². The van der Waals surface area contributed by atoms with Gasteiger partial charge in [-0.15, -0.1) is 11.8 Å². The standard InChI is InChI=1S/C16H24N2O2S/c1-4-17(5-2)12-9-10-18(11-12)13-7-6-8-14(21-3)15(13)16(19)20/h6-8,12H,4-5,9-11H2,1-3H3,(H,19,20). The van der Waals surface area contributed by atoms with Gasteiger partial charge in [0, 0.05) is 24.0 Å². The summed E-state index contributed by atoms with van der Waals surface area (Å²) in [4.78, 5) is 17.2. The Labute approximate surface area is 131 Å². The highest BCUT2D eigenvalue weighted by Gasteiger charge is 2.29. The van der Waals surface area contributed by atoms with E-state index >= 15 is 0 Å². The van der Waals surface area contributed by atoms with Crippen LogP contribution in [0, 0.1) is 0 Å². The number of aromatic carboxylic acids is 1. The highest BCUT2D eigenvalue weighted by molar-refractivity contribution is 7.98. The lowest BCUT2D eigenvalue weighted by Gasteiger charge is -2.27. The molecule has 1 unspecified atom stereocenters. The molecular weight excluding hydrogens is 284 g/mol. The van der Waals surface area contributed by atoms with Crippen LogP contribution in [-0.4, -0.2) is 54.5 Å². The molecule has 1 saturated heterocycles. The summed E-state index contributed by atoms with van der Waals surface area (Å²) in [5, 5.41) is 9.55. The predicted molar refractivity (Wildman–Crippen MR) is 88.7 cm³/mol. The van der Waals surface area contributed by atoms with Crippen molar-refractivity contribution < 1.29 is 9.90 Å². The van der Waals surface area contributed by atoms with Crippen LogP contribution in [0.2, 0.25) is 0 Å². The summed E-state index contributed by atoms with van der Waals surface area (Å²) in [6.07, 6.45) is 3.03. The Bertz CT molecular complexity index is 503. The molecule has 21 heavy (non-hydrogen) atoms. The van der Waals surface area contributed by atoms with Crippen LogP contribution in [-0.2, 0) is 0 Å². The average Bonchev–Trinajstić information content (AvgIpc) is 2.97. The molecule has 1 aliphatic heterocycles. The number of carbonyl (C=O) groups is 1. The van der Waals surface area contributed by atoms with Crippen molar-refractivity contribution in [1.82, 2.24) is 4.90 Å². The van der Waals surface area contributed by atoms with Crippen LogP contribution < -0.4 is 4.90 Å². The summed E-state index contributed by atoms with van der Waals surface area (Å²) in [6.45, 7) is 8.31. The Kier molecular flexibility index (Phi) is 5.53. The van der Waals surface area contributed by atoms with Crippen LogP contribution in [0.1, 0.15) is 30.6 Å². The highest BCUT2D eigenvalue weighted by atomic mass is 32.2. The maximum atomic E-state index is 11.6. The fourth-order valence-corrected chi connectivity index (χ4v) is 3.78. The SMILES string of the molecule is CCN(CC)C1CCN(c2cccc(SC)c2C(=O)O)C1. The van der Waals surface area contributed by atoms with Crippen LogP contribution in [0.3, 0.4) is 0 Å². The first-order valence-electron chi connectivity index (χ1n) is 7.51. The van der Waals surface area contributed by atoms with E-state index in [-0.39, 0.29) is 0 Å². The number of hydrogen-bond acceptors (Lipinski definition) is 4. The molecule has 0 bridgehead atoms. The lowest BCUT2D eigenvalue weighted by Crippen LogP contribution is -2.37. The topological polar surface area (TPSA) is 43.8 Å². The molecule has 0 aliphatic carbocycles. The zero-order chi connectivity index (χ0) is 15.4. The van der Waals surface area contributed by atoms with Crippen molar-refractivity contribution in [3.05, 3.63) is 23.8 Å². The number of likely N-dealkylation sites (N-methyl/N-ethyl adjacent to an activating group) is 1. The van der Waals surface area contributed by atoms with Crippen molar-refractivity contribution in [2.75, 3.05) is 37.3 Å². The number of rotatable bonds is 6. The molecule has 116 valence electrons. The summed E-state index contributed by atoms with van der Waals surface area (Å²) >= 11 is 1.49. The van der Waals surface area contributed by atoms with Gasteiger partial charge in [-0.25, -0.2) is 4.79 Å². The Morgan fingerprint density at radius 2 is 2.14 bits per heavy atom. The Morgan fingerprint density at radius 3 is 2.71 bits per heavy atom. The molecule has 1 aromatic rings. The Morgan fingerprint density at radius 1 is 1.43 bits per heavy atom. The third-order valence-electron chi connectivity index (χ3n) is 4.27. The molecule has 1 aliphatic rings. The molecule has 5 heteroatoms. The quantitative estimate of drug-likeness (QED) is 0.818. The first-order valence-corrected chi connectivity index (χ1v) is 8.74. The summed E-state index contributed by atoms with van der Waals surface area (Å²) in [5.74, 6) is -0.832. The van der Waals surface area contributed by atoms with Gasteiger partial charge in [0.15, 0.2) is 0 Å². The van der Waals surface area contributed by atoms with Crippen LogP contribution in [0.5, 0.6) is 0 Å². The largest absolute Gasteiger partial charge is 0.478 e. The summed E-state index contributed by atoms with van der Waals surface area (Å²) < 4.78 is 0. The number of hydrogen-bond donors (Lipinski definition) is 1. The summed E-state index contributed by atoms with van der Waals surface area (Å²) in [6, 6.07) is 6.31. The number of nitrogens with zero attached hydrogens (tertiary/aromatic N) is 2. The summed E-state index contributed by atoms with van der Waals surface area (Å²) in [7, 11) is 0. The minimum Gasteiger partial charge on any atom is -0.478 e. The number of anilines is 1. The zero-order valence-corrected chi connectivity index (χ0v) is 13.8. The van der Waals surface area contributed by atoms with Gasteiger partial charge in [0.1, 0.15) is 0 Å². The van der Waals surface area contributed by atoms with Crippen LogP contribution in [0.4, 0.5) is 5.69 Å². The monoisotopic (exact) mass is 308 g/mol. The van der Waals surface area contributed by atoms with Gasteiger partial charge < -0.3 is 10.0 Å². The number of carboxylic acid groups (broad SMARTS) is 1. The molecule has 2 rings (SSSR count). The zero-order valence-electron chi connectivity index (χ0n) is 13.0. The first kappa shape index (κ1) is 16.2. The Balaban J connectivity index is 2.26. The van der Waals surface area contributed by atoms with Crippen LogP contribution >= 0.6 is 11.8 Å². The third-order valence-corrected chi connectivity index (χ3v) is 5.05. The lowest BCUT2D eigenvalue weighted by atomic mass is 10.1. The van der Waals surface area contributed by atoms with E-state index in [4.69, 9.17) is 0 Å². The van der Waals surface area contributed by atoms with Crippen molar-refractivity contribution in [1.29, 1.82) is 0 Å². The first-order chi connectivity index (χ1) is 10.1. The maximum absolute atomic E-state index is 11.6. The van der Waals surface area contributed by atoms with E-state index in [0.717, 1.165) is 43.2 Å². The molecule has 0 amide bonds. The maximum Gasteiger partial charge on any atom is 0.338 e. The van der Waals surface area contributed by atoms with E-state index < -0.39 is 5.97 Å². The fourth-order valence-electron chi connectivity index (χ4n) is 3.17. The van der Waals surface area contributed by atoms with Crippen molar-refractivity contribution in [2.45, 2.75) is 31.2 Å². The van der Waals surface area contributed by atoms with Gasteiger partial charge in [-0.05, 0) is 37.9 Å². The molecule has 0 aromatic heterocycles. The van der Waals surface area contributed by atoms with Gasteiger partial charge in [-0.1, -0.05) is 19.9 Å². The Hall–Kier alpha value is -1.20. The molecule has 0 spiro atoms. The second-order valence-electron chi connectivity index (χ2n) is 5.27. The van der Waals surface area contributed by atoms with Crippen LogP contribution in [0.15, 0.2) is 23.1 Å². The minimum absolute atomic E-state index is 0.449. The fraction of sp³-hybridized carbons (Fsp3) is 0.562. The van der Waals surface area contributed by atoms with Crippen molar-refractivity contribution in [3.63, 3.8) is 0 Å². The molecule has 1 aromatic carbocycles. The van der Waals surface area contributed by atoms with Crippen molar-refractivity contribution in [2.24, 2.45) is 0 Å². The molecular formula is C16H24N2O2S. The predicted octanol–water partition coefficient (Wildman–Crippen LogP) is 3.03. The van der Waals surface area contributed by atoms with Crippen molar-refractivity contribution >= 4 is 23.4 Å². The molecule has 4 nitrogen and oxygen atoms in total. The van der Waals surface area contributed by atoms with E-state index in [0.29, 0.717) is 11.6 Å². The number of benzene rings is 1. The van der Waals surface area contributed by atoms with E-state index in [1.807, 2.05) is 24.5 Å². The number of carboxylic acids is 1. The smallest absolute Gasteiger partial charge is 0.338 e. The summed E-state index contributed by atoms with van der Waals surface area (Å²) in [5.41, 5.74) is 1.31. The molecule has 0 saturated carbocycles. The van der Waals surface area contributed by atoms with E-state index in [1.54, 1.807) is 0 Å². The molecule has 0 radical (unpaired) electrons. The van der Waals surface area contributed by atoms with Gasteiger partial charge in [0.2, 0.25) is 0 Å². The van der Waals surface area contributed by atoms with E-state index in [1.165, 1.54) is 11.8 Å². The lowest BCUT2D eigenvalue weighted by molar-refractivity contribution is 0.0694. The second-order valence-corrected chi connectivity index (χ2v) is 6.12. The minimum atomic E-state index is -0.832. The molecule has 1 N–H and O–H groups in total. The third kappa shape index (κ3) is 3.35. The average molecular weight is 308 g/mol. The van der Waals surface area contributed by atoms with Crippen LogP contribution in [0.25, 0.3) is 0 Å². The molecule has 1 atom stereocenters.